The minimum atomic E-state index is -3.75. The molecule has 1 unspecified atom stereocenters. The number of carbonyl (C=O) groups is 1. The number of aliphatic carboxylic acids is 1. The Kier molecular flexibility index (Phi) is 6.44. The first-order chi connectivity index (χ1) is 9.76. The molecule has 1 atom stereocenters. The largest absolute Gasteiger partial charge is 0.495 e. The van der Waals surface area contributed by atoms with Gasteiger partial charge in [0.15, 0.2) is 0 Å². The minimum Gasteiger partial charge on any atom is -0.495 e. The summed E-state index contributed by atoms with van der Waals surface area (Å²) < 4.78 is 32.1. The summed E-state index contributed by atoms with van der Waals surface area (Å²) in [5, 5.41) is 8.94. The normalized spacial score (nSPS) is 12.9. The maximum absolute atomic E-state index is 12.3. The molecular formula is C13H18ClNO5S. The molecule has 21 heavy (non-hydrogen) atoms. The van der Waals surface area contributed by atoms with Crippen molar-refractivity contribution in [2.24, 2.45) is 0 Å². The highest BCUT2D eigenvalue weighted by atomic mass is 35.5. The molecule has 2 N–H and O–H groups in total. The van der Waals surface area contributed by atoms with Gasteiger partial charge in [-0.05, 0) is 31.9 Å². The SMILES string of the molecule is COc1cc(Cl)ccc1S(=O)(=O)NC(C)CCCC(=O)O. The summed E-state index contributed by atoms with van der Waals surface area (Å²) in [7, 11) is -2.39. The van der Waals surface area contributed by atoms with Gasteiger partial charge in [0.25, 0.3) is 0 Å². The van der Waals surface area contributed by atoms with E-state index in [-0.39, 0.29) is 23.1 Å². The van der Waals surface area contributed by atoms with Gasteiger partial charge in [0, 0.05) is 23.6 Å². The lowest BCUT2D eigenvalue weighted by molar-refractivity contribution is -0.137. The maximum Gasteiger partial charge on any atom is 0.303 e. The fourth-order valence-corrected chi connectivity index (χ4v) is 3.40. The van der Waals surface area contributed by atoms with Gasteiger partial charge in [-0.3, -0.25) is 4.79 Å². The highest BCUT2D eigenvalue weighted by Gasteiger charge is 2.21. The second kappa shape index (κ2) is 7.63. The van der Waals surface area contributed by atoms with Crippen molar-refractivity contribution in [2.45, 2.75) is 37.1 Å². The Bertz CT molecular complexity index is 603. The van der Waals surface area contributed by atoms with Gasteiger partial charge in [-0.25, -0.2) is 13.1 Å². The molecule has 0 amide bonds. The molecule has 1 rings (SSSR count). The highest BCUT2D eigenvalue weighted by molar-refractivity contribution is 7.89. The van der Waals surface area contributed by atoms with Crippen LogP contribution < -0.4 is 9.46 Å². The number of nitrogens with one attached hydrogen (secondary N) is 1. The Balaban J connectivity index is 2.79. The zero-order valence-corrected chi connectivity index (χ0v) is 13.4. The molecule has 0 fully saturated rings. The van der Waals surface area contributed by atoms with Crippen molar-refractivity contribution in [3.8, 4) is 5.75 Å². The monoisotopic (exact) mass is 335 g/mol. The number of hydrogen-bond donors (Lipinski definition) is 2. The van der Waals surface area contributed by atoms with Crippen molar-refractivity contribution in [3.05, 3.63) is 23.2 Å². The number of carboxylic acids is 1. The molecule has 8 heteroatoms. The third kappa shape index (κ3) is 5.53. The van der Waals surface area contributed by atoms with Crippen LogP contribution in [0.15, 0.2) is 23.1 Å². The lowest BCUT2D eigenvalue weighted by Gasteiger charge is -2.15. The maximum atomic E-state index is 12.3. The molecule has 1 aromatic rings. The van der Waals surface area contributed by atoms with Gasteiger partial charge in [-0.1, -0.05) is 11.6 Å². The van der Waals surface area contributed by atoms with Gasteiger partial charge in [0.2, 0.25) is 10.0 Å². The molecule has 0 aromatic heterocycles. The lowest BCUT2D eigenvalue weighted by Crippen LogP contribution is -2.32. The van der Waals surface area contributed by atoms with Crippen LogP contribution in [-0.4, -0.2) is 32.6 Å². The van der Waals surface area contributed by atoms with E-state index in [0.717, 1.165) is 0 Å². The van der Waals surface area contributed by atoms with E-state index >= 15 is 0 Å². The number of hydrogen-bond acceptors (Lipinski definition) is 4. The zero-order chi connectivity index (χ0) is 16.0. The first kappa shape index (κ1) is 17.7. The van der Waals surface area contributed by atoms with Crippen LogP contribution in [-0.2, 0) is 14.8 Å². The molecule has 0 saturated heterocycles. The molecule has 0 bridgehead atoms. The Labute approximate surface area is 129 Å². The number of halogens is 1. The second-order valence-electron chi connectivity index (χ2n) is 4.60. The lowest BCUT2D eigenvalue weighted by atomic mass is 10.1. The Morgan fingerprint density at radius 1 is 1.48 bits per heavy atom. The molecular weight excluding hydrogens is 318 g/mol. The summed E-state index contributed by atoms with van der Waals surface area (Å²) >= 11 is 5.80. The van der Waals surface area contributed by atoms with Crippen LogP contribution in [0.4, 0.5) is 0 Å². The van der Waals surface area contributed by atoms with E-state index in [1.807, 2.05) is 0 Å². The zero-order valence-electron chi connectivity index (χ0n) is 11.8. The topological polar surface area (TPSA) is 92.7 Å². The smallest absolute Gasteiger partial charge is 0.303 e. The summed E-state index contributed by atoms with van der Waals surface area (Å²) in [6, 6.07) is 3.88. The second-order valence-corrected chi connectivity index (χ2v) is 6.72. The van der Waals surface area contributed by atoms with E-state index in [0.29, 0.717) is 17.9 Å². The molecule has 0 radical (unpaired) electrons. The highest BCUT2D eigenvalue weighted by Crippen LogP contribution is 2.27. The summed E-state index contributed by atoms with van der Waals surface area (Å²) in [4.78, 5) is 10.4. The summed E-state index contributed by atoms with van der Waals surface area (Å²) in [5.74, 6) is -0.739. The molecule has 0 aliphatic rings. The molecule has 1 aromatic carbocycles. The van der Waals surface area contributed by atoms with E-state index in [9.17, 15) is 13.2 Å². The fraction of sp³-hybridized carbons (Fsp3) is 0.462. The summed E-state index contributed by atoms with van der Waals surface area (Å²) in [6.07, 6.45) is 0.842. The van der Waals surface area contributed by atoms with Crippen LogP contribution in [0.1, 0.15) is 26.2 Å². The van der Waals surface area contributed by atoms with Gasteiger partial charge in [-0.2, -0.15) is 0 Å². The Hall–Kier alpha value is -1.31. The first-order valence-corrected chi connectivity index (χ1v) is 8.20. The van der Waals surface area contributed by atoms with Gasteiger partial charge in [-0.15, -0.1) is 0 Å². The van der Waals surface area contributed by atoms with Crippen molar-refractivity contribution in [1.82, 2.24) is 4.72 Å². The van der Waals surface area contributed by atoms with E-state index in [1.165, 1.54) is 25.3 Å². The van der Waals surface area contributed by atoms with Gasteiger partial charge >= 0.3 is 5.97 Å². The molecule has 6 nitrogen and oxygen atoms in total. The molecule has 0 saturated carbocycles. The number of rotatable bonds is 8. The van der Waals surface area contributed by atoms with Crippen molar-refractivity contribution in [2.75, 3.05) is 7.11 Å². The van der Waals surface area contributed by atoms with Gasteiger partial charge < -0.3 is 9.84 Å². The average Bonchev–Trinajstić information content (AvgIpc) is 2.36. The Morgan fingerprint density at radius 2 is 2.14 bits per heavy atom. The third-order valence-electron chi connectivity index (χ3n) is 2.80. The quantitative estimate of drug-likeness (QED) is 0.760. The van der Waals surface area contributed by atoms with Gasteiger partial charge in [0.1, 0.15) is 10.6 Å². The number of carboxylic acid groups (broad SMARTS) is 1. The average molecular weight is 336 g/mol. The van der Waals surface area contributed by atoms with Crippen molar-refractivity contribution >= 4 is 27.6 Å². The third-order valence-corrected chi connectivity index (χ3v) is 4.66. The molecule has 118 valence electrons. The molecule has 0 heterocycles. The number of sulfonamides is 1. The first-order valence-electron chi connectivity index (χ1n) is 6.34. The number of benzene rings is 1. The van der Waals surface area contributed by atoms with Crippen LogP contribution in [0, 0.1) is 0 Å². The molecule has 0 aliphatic carbocycles. The molecule has 0 aliphatic heterocycles. The van der Waals surface area contributed by atoms with E-state index in [1.54, 1.807) is 6.92 Å². The van der Waals surface area contributed by atoms with E-state index < -0.39 is 16.0 Å². The van der Waals surface area contributed by atoms with Gasteiger partial charge in [0.05, 0.1) is 7.11 Å². The number of ether oxygens (including phenoxy) is 1. The van der Waals surface area contributed by atoms with Crippen LogP contribution in [0.25, 0.3) is 0 Å². The van der Waals surface area contributed by atoms with Crippen molar-refractivity contribution in [1.29, 1.82) is 0 Å². The Morgan fingerprint density at radius 3 is 2.71 bits per heavy atom. The van der Waals surface area contributed by atoms with E-state index in [4.69, 9.17) is 21.4 Å². The van der Waals surface area contributed by atoms with Crippen LogP contribution >= 0.6 is 11.6 Å². The summed E-state index contributed by atoms with van der Waals surface area (Å²) in [6.45, 7) is 1.68. The fourth-order valence-electron chi connectivity index (χ4n) is 1.81. The predicted octanol–water partition coefficient (Wildman–Crippen LogP) is 2.27. The van der Waals surface area contributed by atoms with Crippen LogP contribution in [0.3, 0.4) is 0 Å². The molecule has 0 spiro atoms. The van der Waals surface area contributed by atoms with Crippen molar-refractivity contribution < 1.29 is 23.1 Å². The minimum absolute atomic E-state index is 0.000477. The predicted molar refractivity (Wildman–Crippen MR) is 79.3 cm³/mol. The van der Waals surface area contributed by atoms with Crippen molar-refractivity contribution in [3.63, 3.8) is 0 Å². The van der Waals surface area contributed by atoms with Crippen LogP contribution in [0.2, 0.25) is 5.02 Å². The van der Waals surface area contributed by atoms with E-state index in [2.05, 4.69) is 4.72 Å². The van der Waals surface area contributed by atoms with Crippen LogP contribution in [0.5, 0.6) is 5.75 Å². The summed E-state index contributed by atoms with van der Waals surface area (Å²) in [5.41, 5.74) is 0. The standard InChI is InChI=1S/C13H18ClNO5S/c1-9(4-3-5-13(16)17)15-21(18,19)12-7-6-10(14)8-11(12)20-2/h6-9,15H,3-5H2,1-2H3,(H,16,17). The number of methoxy groups -OCH3 is 1.